The molecule has 0 aromatic carbocycles. The monoisotopic (exact) mass is 373 g/mol. The van der Waals surface area contributed by atoms with E-state index in [1.54, 1.807) is 4.57 Å². The largest absolute Gasteiger partial charge is 0.494 e. The Labute approximate surface area is 157 Å². The van der Waals surface area contributed by atoms with Crippen LogP contribution in [0, 0.1) is 5.92 Å². The fourth-order valence-electron chi connectivity index (χ4n) is 3.71. The van der Waals surface area contributed by atoms with Gasteiger partial charge in [0.1, 0.15) is 5.65 Å². The first-order valence-electron chi connectivity index (χ1n) is 9.82. The van der Waals surface area contributed by atoms with Crippen LogP contribution < -0.4 is 16.2 Å². The summed E-state index contributed by atoms with van der Waals surface area (Å²) in [5, 5.41) is 21.5. The van der Waals surface area contributed by atoms with Crippen molar-refractivity contribution in [2.24, 2.45) is 5.92 Å². The van der Waals surface area contributed by atoms with E-state index in [1.165, 1.54) is 4.52 Å². The quantitative estimate of drug-likeness (QED) is 0.732. The number of aromatic nitrogens is 3. The zero-order chi connectivity index (χ0) is 19.1. The van der Waals surface area contributed by atoms with Crippen LogP contribution in [0.1, 0.15) is 61.5 Å². The van der Waals surface area contributed by atoms with Crippen LogP contribution in [0.25, 0.3) is 5.65 Å². The Hall–Kier alpha value is -2.35. The summed E-state index contributed by atoms with van der Waals surface area (Å²) in [5.74, 6) is -0.323. The minimum atomic E-state index is -0.560. The Bertz CT molecular complexity index is 920. The molecule has 8 nitrogen and oxygen atoms in total. The first-order chi connectivity index (χ1) is 13.0. The van der Waals surface area contributed by atoms with Gasteiger partial charge in [0.05, 0.1) is 5.69 Å². The molecule has 4 rings (SSSR count). The number of nitrogens with one attached hydrogen (secondary N) is 2. The van der Waals surface area contributed by atoms with Gasteiger partial charge in [-0.2, -0.15) is 9.61 Å². The van der Waals surface area contributed by atoms with Crippen LogP contribution in [-0.4, -0.2) is 44.3 Å². The van der Waals surface area contributed by atoms with E-state index in [1.807, 2.05) is 19.9 Å². The molecule has 27 heavy (non-hydrogen) atoms. The van der Waals surface area contributed by atoms with Gasteiger partial charge in [-0.25, -0.2) is 0 Å². The van der Waals surface area contributed by atoms with Crippen molar-refractivity contribution in [1.29, 1.82) is 0 Å². The van der Waals surface area contributed by atoms with Crippen LogP contribution >= 0.6 is 0 Å². The molecule has 2 aromatic heterocycles. The molecule has 1 atom stereocenters. The molecule has 0 bridgehead atoms. The number of hydrogen-bond donors (Lipinski definition) is 3. The second-order valence-electron chi connectivity index (χ2n) is 8.14. The molecule has 2 aliphatic rings. The van der Waals surface area contributed by atoms with Crippen LogP contribution in [0.5, 0.6) is 5.88 Å². The SMILES string of the molecule is CC(C)Cn1c(O)c(C(=O)NC2CC2)c(=O)n2nc(C3CCCNC3)cc12. The number of piperidine rings is 1. The zero-order valence-electron chi connectivity index (χ0n) is 15.9. The molecule has 2 fully saturated rings. The van der Waals surface area contributed by atoms with Crippen LogP contribution in [-0.2, 0) is 6.54 Å². The van der Waals surface area contributed by atoms with E-state index in [0.717, 1.165) is 44.5 Å². The smallest absolute Gasteiger partial charge is 0.291 e. The van der Waals surface area contributed by atoms with Gasteiger partial charge in [-0.1, -0.05) is 13.8 Å². The van der Waals surface area contributed by atoms with Gasteiger partial charge in [0.2, 0.25) is 5.88 Å². The lowest BCUT2D eigenvalue weighted by molar-refractivity contribution is 0.0944. The van der Waals surface area contributed by atoms with Crippen molar-refractivity contribution in [2.45, 2.75) is 58.0 Å². The minimum absolute atomic E-state index is 0.104. The number of fused-ring (bicyclic) bond motifs is 1. The van der Waals surface area contributed by atoms with Crippen molar-refractivity contribution in [1.82, 2.24) is 24.8 Å². The molecular weight excluding hydrogens is 346 g/mol. The van der Waals surface area contributed by atoms with Crippen LogP contribution in [0.3, 0.4) is 0 Å². The fourth-order valence-corrected chi connectivity index (χ4v) is 3.71. The molecule has 3 heterocycles. The minimum Gasteiger partial charge on any atom is -0.494 e. The predicted octanol–water partition coefficient (Wildman–Crippen LogP) is 1.22. The van der Waals surface area contributed by atoms with Crippen molar-refractivity contribution in [3.63, 3.8) is 0 Å². The van der Waals surface area contributed by atoms with E-state index >= 15 is 0 Å². The Kier molecular flexibility index (Phi) is 4.67. The molecule has 1 unspecified atom stereocenters. The topological polar surface area (TPSA) is 101 Å². The number of aromatic hydroxyl groups is 1. The Balaban J connectivity index is 1.85. The van der Waals surface area contributed by atoms with Crippen molar-refractivity contribution in [3.05, 3.63) is 27.7 Å². The molecule has 8 heteroatoms. The Morgan fingerprint density at radius 2 is 2.19 bits per heavy atom. The summed E-state index contributed by atoms with van der Waals surface area (Å²) in [4.78, 5) is 25.6. The Morgan fingerprint density at radius 3 is 2.81 bits per heavy atom. The van der Waals surface area contributed by atoms with Gasteiger partial charge in [-0.15, -0.1) is 0 Å². The fraction of sp³-hybridized carbons (Fsp3) is 0.632. The maximum Gasteiger partial charge on any atom is 0.291 e. The summed E-state index contributed by atoms with van der Waals surface area (Å²) in [7, 11) is 0. The highest BCUT2D eigenvalue weighted by Crippen LogP contribution is 2.26. The third-order valence-electron chi connectivity index (χ3n) is 5.27. The van der Waals surface area contributed by atoms with E-state index in [4.69, 9.17) is 0 Å². The molecule has 2 aromatic rings. The van der Waals surface area contributed by atoms with Gasteiger partial charge >= 0.3 is 0 Å². The van der Waals surface area contributed by atoms with Crippen molar-refractivity contribution < 1.29 is 9.90 Å². The first kappa shape index (κ1) is 18.0. The summed E-state index contributed by atoms with van der Waals surface area (Å²) in [6, 6.07) is 1.98. The highest BCUT2D eigenvalue weighted by atomic mass is 16.3. The van der Waals surface area contributed by atoms with Crippen LogP contribution in [0.15, 0.2) is 10.9 Å². The summed E-state index contributed by atoms with van der Waals surface area (Å²) >= 11 is 0. The van der Waals surface area contributed by atoms with E-state index in [-0.39, 0.29) is 29.3 Å². The van der Waals surface area contributed by atoms with E-state index in [2.05, 4.69) is 15.7 Å². The van der Waals surface area contributed by atoms with Gasteiger partial charge in [0.25, 0.3) is 11.5 Å². The van der Waals surface area contributed by atoms with Gasteiger partial charge in [-0.05, 0) is 38.1 Å². The van der Waals surface area contributed by atoms with Crippen molar-refractivity contribution >= 4 is 11.6 Å². The third kappa shape index (κ3) is 3.45. The highest BCUT2D eigenvalue weighted by molar-refractivity contribution is 5.96. The lowest BCUT2D eigenvalue weighted by Gasteiger charge is -2.20. The average Bonchev–Trinajstić information content (AvgIpc) is 3.33. The molecule has 1 aliphatic heterocycles. The summed E-state index contributed by atoms with van der Waals surface area (Å²) in [5.41, 5.74) is 0.591. The molecule has 1 amide bonds. The Morgan fingerprint density at radius 1 is 1.41 bits per heavy atom. The molecule has 0 spiro atoms. The van der Waals surface area contributed by atoms with Gasteiger partial charge in [0.15, 0.2) is 5.56 Å². The molecular formula is C19H27N5O3. The van der Waals surface area contributed by atoms with Gasteiger partial charge in [-0.3, -0.25) is 14.2 Å². The molecule has 1 saturated carbocycles. The van der Waals surface area contributed by atoms with Crippen LogP contribution in [0.2, 0.25) is 0 Å². The summed E-state index contributed by atoms with van der Waals surface area (Å²) in [6.45, 7) is 6.37. The van der Waals surface area contributed by atoms with Crippen molar-refractivity contribution in [3.8, 4) is 5.88 Å². The number of carbonyl (C=O) groups is 1. The normalized spacial score (nSPS) is 20.3. The molecule has 3 N–H and O–H groups in total. The highest BCUT2D eigenvalue weighted by Gasteiger charge is 2.30. The second kappa shape index (κ2) is 6.99. The standard InChI is InChI=1S/C19H27N5O3/c1-11(2)10-23-15-8-14(12-4-3-7-20-9-12)22-24(15)19(27)16(18(23)26)17(25)21-13-5-6-13/h8,11-13,20,26H,3-7,9-10H2,1-2H3,(H,21,25). The van der Waals surface area contributed by atoms with Crippen molar-refractivity contribution in [2.75, 3.05) is 13.1 Å². The van der Waals surface area contributed by atoms with E-state index < -0.39 is 11.5 Å². The van der Waals surface area contributed by atoms with Gasteiger partial charge < -0.3 is 15.7 Å². The first-order valence-corrected chi connectivity index (χ1v) is 9.82. The molecule has 146 valence electrons. The van der Waals surface area contributed by atoms with Crippen LogP contribution in [0.4, 0.5) is 0 Å². The maximum absolute atomic E-state index is 13.0. The van der Waals surface area contributed by atoms with Gasteiger partial charge in [0, 0.05) is 31.1 Å². The zero-order valence-corrected chi connectivity index (χ0v) is 15.9. The number of carbonyl (C=O) groups excluding carboxylic acids is 1. The third-order valence-corrected chi connectivity index (χ3v) is 5.27. The predicted molar refractivity (Wildman–Crippen MR) is 101 cm³/mol. The second-order valence-corrected chi connectivity index (χ2v) is 8.14. The number of rotatable bonds is 5. The number of amides is 1. The molecule has 0 radical (unpaired) electrons. The summed E-state index contributed by atoms with van der Waals surface area (Å²) < 4.78 is 2.93. The number of hydrogen-bond acceptors (Lipinski definition) is 5. The number of nitrogens with zero attached hydrogens (tertiary/aromatic N) is 3. The lowest BCUT2D eigenvalue weighted by Crippen LogP contribution is -2.34. The molecule has 1 aliphatic carbocycles. The summed E-state index contributed by atoms with van der Waals surface area (Å²) in [6.07, 6.45) is 3.90. The maximum atomic E-state index is 13.0. The molecule has 1 saturated heterocycles. The average molecular weight is 373 g/mol. The van der Waals surface area contributed by atoms with E-state index in [0.29, 0.717) is 12.2 Å². The van der Waals surface area contributed by atoms with E-state index in [9.17, 15) is 14.7 Å². The lowest BCUT2D eigenvalue weighted by atomic mass is 9.96.